The molecule has 0 bridgehead atoms. The average molecular weight is 374 g/mol. The van der Waals surface area contributed by atoms with Crippen LogP contribution in [0.15, 0.2) is 42.6 Å². The van der Waals surface area contributed by atoms with E-state index >= 15 is 0 Å². The predicted octanol–water partition coefficient (Wildman–Crippen LogP) is 4.10. The number of benzene rings is 1. The molecule has 3 rings (SSSR count). The second kappa shape index (κ2) is 8.08. The molecule has 5 nitrogen and oxygen atoms in total. The molecule has 26 heavy (non-hydrogen) atoms. The SMILES string of the molecule is Cc1cccc(CS(=O)(=O)Nc2ccc(N(C)C3CCCCC3)nc2)c1. The quantitative estimate of drug-likeness (QED) is 0.828. The van der Waals surface area contributed by atoms with Gasteiger partial charge in [0.15, 0.2) is 0 Å². The molecule has 0 aliphatic heterocycles. The summed E-state index contributed by atoms with van der Waals surface area (Å²) in [5.41, 5.74) is 2.33. The van der Waals surface area contributed by atoms with Gasteiger partial charge in [0.2, 0.25) is 10.0 Å². The van der Waals surface area contributed by atoms with Gasteiger partial charge in [-0.25, -0.2) is 13.4 Å². The van der Waals surface area contributed by atoms with Crippen molar-refractivity contribution in [1.82, 2.24) is 4.98 Å². The lowest BCUT2D eigenvalue weighted by atomic mass is 9.94. The van der Waals surface area contributed by atoms with Crippen molar-refractivity contribution in [1.29, 1.82) is 0 Å². The zero-order valence-corrected chi connectivity index (χ0v) is 16.3. The van der Waals surface area contributed by atoms with E-state index in [0.717, 1.165) is 16.9 Å². The van der Waals surface area contributed by atoms with Gasteiger partial charge in [-0.05, 0) is 37.5 Å². The van der Waals surface area contributed by atoms with E-state index in [2.05, 4.69) is 21.7 Å². The Balaban J connectivity index is 1.64. The van der Waals surface area contributed by atoms with Crippen LogP contribution in [0.25, 0.3) is 0 Å². The molecule has 1 fully saturated rings. The van der Waals surface area contributed by atoms with Crippen LogP contribution in [0.3, 0.4) is 0 Å². The summed E-state index contributed by atoms with van der Waals surface area (Å²) in [5, 5.41) is 0. The third-order valence-corrected chi connectivity index (χ3v) is 6.20. The zero-order chi connectivity index (χ0) is 18.6. The smallest absolute Gasteiger partial charge is 0.236 e. The summed E-state index contributed by atoms with van der Waals surface area (Å²) < 4.78 is 27.4. The molecule has 0 spiro atoms. The molecule has 2 aromatic rings. The van der Waals surface area contributed by atoms with Gasteiger partial charge in [0.05, 0.1) is 17.6 Å². The molecule has 0 atom stereocenters. The fourth-order valence-electron chi connectivity index (χ4n) is 3.55. The molecule has 1 aromatic carbocycles. The van der Waals surface area contributed by atoms with Crippen LogP contribution < -0.4 is 9.62 Å². The maximum Gasteiger partial charge on any atom is 0.236 e. The van der Waals surface area contributed by atoms with Crippen LogP contribution in [-0.4, -0.2) is 26.5 Å². The minimum Gasteiger partial charge on any atom is -0.357 e. The zero-order valence-electron chi connectivity index (χ0n) is 15.5. The predicted molar refractivity (Wildman–Crippen MR) is 107 cm³/mol. The Morgan fingerprint density at radius 3 is 2.58 bits per heavy atom. The molecule has 6 heteroatoms. The van der Waals surface area contributed by atoms with E-state index in [9.17, 15) is 8.42 Å². The van der Waals surface area contributed by atoms with Gasteiger partial charge in [0.25, 0.3) is 0 Å². The Kier molecular flexibility index (Phi) is 5.81. The monoisotopic (exact) mass is 373 g/mol. The molecule has 1 N–H and O–H groups in total. The highest BCUT2D eigenvalue weighted by Gasteiger charge is 2.19. The van der Waals surface area contributed by atoms with Gasteiger partial charge in [0.1, 0.15) is 5.82 Å². The highest BCUT2D eigenvalue weighted by molar-refractivity contribution is 7.91. The normalized spacial score (nSPS) is 15.6. The van der Waals surface area contributed by atoms with Crippen molar-refractivity contribution in [2.75, 3.05) is 16.7 Å². The van der Waals surface area contributed by atoms with Crippen molar-refractivity contribution in [3.8, 4) is 0 Å². The first-order chi connectivity index (χ1) is 12.4. The van der Waals surface area contributed by atoms with E-state index in [1.165, 1.54) is 32.1 Å². The minimum absolute atomic E-state index is 0.0432. The molecule has 0 amide bonds. The lowest BCUT2D eigenvalue weighted by Crippen LogP contribution is -2.33. The summed E-state index contributed by atoms with van der Waals surface area (Å²) in [5.74, 6) is 0.844. The molecule has 0 saturated heterocycles. The van der Waals surface area contributed by atoms with Crippen LogP contribution in [0.2, 0.25) is 0 Å². The van der Waals surface area contributed by atoms with Crippen LogP contribution in [0, 0.1) is 6.92 Å². The van der Waals surface area contributed by atoms with E-state index in [1.807, 2.05) is 37.3 Å². The maximum absolute atomic E-state index is 12.4. The Morgan fingerprint density at radius 2 is 1.92 bits per heavy atom. The van der Waals surface area contributed by atoms with Crippen molar-refractivity contribution < 1.29 is 8.42 Å². The van der Waals surface area contributed by atoms with Gasteiger partial charge in [0, 0.05) is 13.1 Å². The van der Waals surface area contributed by atoms with Gasteiger partial charge >= 0.3 is 0 Å². The number of pyridine rings is 1. The van der Waals surface area contributed by atoms with Crippen LogP contribution in [-0.2, 0) is 15.8 Å². The first kappa shape index (κ1) is 18.7. The number of nitrogens with one attached hydrogen (secondary N) is 1. The molecule has 0 radical (unpaired) electrons. The van der Waals surface area contributed by atoms with E-state index in [0.29, 0.717) is 11.7 Å². The number of rotatable bonds is 6. The standard InChI is InChI=1S/C20H27N3O2S/c1-16-7-6-8-17(13-16)15-26(24,25)22-18-11-12-20(21-14-18)23(2)19-9-4-3-5-10-19/h6-8,11-14,19,22H,3-5,9-10,15H2,1-2H3. The van der Waals surface area contributed by atoms with Crippen molar-refractivity contribution in [2.45, 2.75) is 50.8 Å². The van der Waals surface area contributed by atoms with Crippen molar-refractivity contribution in [3.05, 3.63) is 53.7 Å². The number of aryl methyl sites for hydroxylation is 1. The minimum atomic E-state index is -3.46. The van der Waals surface area contributed by atoms with Gasteiger partial charge in [-0.2, -0.15) is 0 Å². The fourth-order valence-corrected chi connectivity index (χ4v) is 4.72. The molecule has 140 valence electrons. The molecule has 1 heterocycles. The van der Waals surface area contributed by atoms with E-state index < -0.39 is 10.0 Å². The number of hydrogen-bond donors (Lipinski definition) is 1. The molecule has 1 saturated carbocycles. The maximum atomic E-state index is 12.4. The van der Waals surface area contributed by atoms with Gasteiger partial charge in [-0.3, -0.25) is 4.72 Å². The third-order valence-electron chi connectivity index (χ3n) is 4.94. The van der Waals surface area contributed by atoms with Crippen LogP contribution >= 0.6 is 0 Å². The summed E-state index contributed by atoms with van der Waals surface area (Å²) in [6, 6.07) is 11.7. The van der Waals surface area contributed by atoms with Crippen molar-refractivity contribution >= 4 is 21.5 Å². The molecule has 0 unspecified atom stereocenters. The van der Waals surface area contributed by atoms with E-state index in [4.69, 9.17) is 0 Å². The summed E-state index contributed by atoms with van der Waals surface area (Å²) >= 11 is 0. The Labute approximate surface area is 156 Å². The van der Waals surface area contributed by atoms with Crippen LogP contribution in [0.5, 0.6) is 0 Å². The fraction of sp³-hybridized carbons (Fsp3) is 0.450. The number of sulfonamides is 1. The summed E-state index contributed by atoms with van der Waals surface area (Å²) in [6.45, 7) is 1.95. The second-order valence-corrected chi connectivity index (χ2v) is 8.88. The summed E-state index contributed by atoms with van der Waals surface area (Å²) in [4.78, 5) is 6.67. The largest absolute Gasteiger partial charge is 0.357 e. The van der Waals surface area contributed by atoms with E-state index in [1.54, 1.807) is 12.3 Å². The lowest BCUT2D eigenvalue weighted by molar-refractivity contribution is 0.426. The van der Waals surface area contributed by atoms with Crippen molar-refractivity contribution in [2.24, 2.45) is 0 Å². The number of hydrogen-bond acceptors (Lipinski definition) is 4. The van der Waals surface area contributed by atoms with E-state index in [-0.39, 0.29) is 5.75 Å². The topological polar surface area (TPSA) is 62.3 Å². The Hall–Kier alpha value is -2.08. The Bertz CT molecular complexity index is 828. The molecule has 1 aromatic heterocycles. The highest BCUT2D eigenvalue weighted by atomic mass is 32.2. The van der Waals surface area contributed by atoms with Crippen LogP contribution in [0.1, 0.15) is 43.2 Å². The summed E-state index contributed by atoms with van der Waals surface area (Å²) in [7, 11) is -1.39. The molecular formula is C20H27N3O2S. The molecule has 1 aliphatic rings. The number of nitrogens with zero attached hydrogens (tertiary/aromatic N) is 2. The van der Waals surface area contributed by atoms with Gasteiger partial charge in [-0.1, -0.05) is 49.1 Å². The van der Waals surface area contributed by atoms with Crippen LogP contribution in [0.4, 0.5) is 11.5 Å². The average Bonchev–Trinajstić information content (AvgIpc) is 2.62. The summed E-state index contributed by atoms with van der Waals surface area (Å²) in [6.07, 6.45) is 7.85. The molecule has 1 aliphatic carbocycles. The number of aromatic nitrogens is 1. The Morgan fingerprint density at radius 1 is 1.15 bits per heavy atom. The number of anilines is 2. The first-order valence-electron chi connectivity index (χ1n) is 9.18. The highest BCUT2D eigenvalue weighted by Crippen LogP contribution is 2.25. The van der Waals surface area contributed by atoms with Gasteiger partial charge in [-0.15, -0.1) is 0 Å². The third kappa shape index (κ3) is 4.97. The lowest BCUT2D eigenvalue weighted by Gasteiger charge is -2.32. The first-order valence-corrected chi connectivity index (χ1v) is 10.8. The van der Waals surface area contributed by atoms with Gasteiger partial charge < -0.3 is 4.90 Å². The molecular weight excluding hydrogens is 346 g/mol. The second-order valence-electron chi connectivity index (χ2n) is 7.16. The van der Waals surface area contributed by atoms with Crippen molar-refractivity contribution in [3.63, 3.8) is 0 Å².